The molecule has 4 nitrogen and oxygen atoms in total. The monoisotopic (exact) mass is 362 g/mol. The second-order valence-corrected chi connectivity index (χ2v) is 8.50. The number of ether oxygens (including phenoxy) is 1. The van der Waals surface area contributed by atoms with E-state index < -0.39 is 17.8 Å². The molecule has 3 aliphatic rings. The van der Waals surface area contributed by atoms with E-state index in [1.807, 2.05) is 0 Å². The van der Waals surface area contributed by atoms with Gasteiger partial charge in [-0.05, 0) is 38.0 Å². The molecule has 0 aromatic rings. The molecule has 3 saturated carbocycles. The number of aliphatic hydroxyl groups excluding tert-OH is 2. The number of aliphatic hydroxyl groups is 2. The molecule has 4 heteroatoms. The number of methoxy groups -OCH3 is 1. The van der Waals surface area contributed by atoms with Gasteiger partial charge in [-0.15, -0.1) is 0 Å². The number of ketones is 1. The summed E-state index contributed by atoms with van der Waals surface area (Å²) in [4.78, 5) is 12.8. The smallest absolute Gasteiger partial charge is 0.168 e. The Balaban J connectivity index is 1.77. The zero-order valence-corrected chi connectivity index (χ0v) is 16.2. The number of carbonyl (C=O) groups excluding carboxylic acids is 1. The molecule has 2 N–H and O–H groups in total. The molecule has 3 aliphatic carbocycles. The van der Waals surface area contributed by atoms with Crippen LogP contribution in [-0.4, -0.2) is 40.9 Å². The zero-order chi connectivity index (χ0) is 18.7. The van der Waals surface area contributed by atoms with Gasteiger partial charge in [-0.1, -0.05) is 50.9 Å². The molecule has 6 atom stereocenters. The van der Waals surface area contributed by atoms with Crippen molar-refractivity contribution in [3.05, 3.63) is 0 Å². The van der Waals surface area contributed by atoms with Crippen molar-refractivity contribution in [2.45, 2.75) is 88.9 Å². The quantitative estimate of drug-likeness (QED) is 0.738. The summed E-state index contributed by atoms with van der Waals surface area (Å²) in [5.74, 6) is 6.33. The van der Waals surface area contributed by atoms with Gasteiger partial charge in [0.1, 0.15) is 11.7 Å². The lowest BCUT2D eigenvalue weighted by atomic mass is 9.49. The van der Waals surface area contributed by atoms with Crippen molar-refractivity contribution >= 4 is 5.78 Å². The van der Waals surface area contributed by atoms with Crippen LogP contribution in [0.1, 0.15) is 71.1 Å². The molecule has 0 aromatic carbocycles. The average Bonchev–Trinajstić information content (AvgIpc) is 2.68. The van der Waals surface area contributed by atoms with Gasteiger partial charge in [0.25, 0.3) is 0 Å². The Morgan fingerprint density at radius 3 is 2.65 bits per heavy atom. The van der Waals surface area contributed by atoms with Crippen molar-refractivity contribution in [1.82, 2.24) is 0 Å². The molecule has 26 heavy (non-hydrogen) atoms. The minimum atomic E-state index is -0.757. The van der Waals surface area contributed by atoms with Crippen molar-refractivity contribution in [3.8, 4) is 11.8 Å². The predicted octanol–water partition coefficient (Wildman–Crippen LogP) is 3.09. The molecule has 3 fully saturated rings. The van der Waals surface area contributed by atoms with Crippen molar-refractivity contribution in [2.24, 2.45) is 23.7 Å². The Morgan fingerprint density at radius 2 is 2.00 bits per heavy atom. The van der Waals surface area contributed by atoms with Gasteiger partial charge in [-0.2, -0.15) is 0 Å². The van der Waals surface area contributed by atoms with Gasteiger partial charge in [-0.25, -0.2) is 0 Å². The molecule has 0 amide bonds. The Labute approximate surface area is 157 Å². The molecule has 0 heterocycles. The maximum Gasteiger partial charge on any atom is 0.168 e. The maximum atomic E-state index is 12.8. The maximum absolute atomic E-state index is 12.8. The van der Waals surface area contributed by atoms with Crippen molar-refractivity contribution < 1.29 is 19.7 Å². The topological polar surface area (TPSA) is 66.8 Å². The first kappa shape index (κ1) is 19.9. The predicted molar refractivity (Wildman–Crippen MR) is 100 cm³/mol. The third-order valence-electron chi connectivity index (χ3n) is 7.07. The molecular formula is C22H34O4. The van der Waals surface area contributed by atoms with Crippen LogP contribution < -0.4 is 0 Å². The summed E-state index contributed by atoms with van der Waals surface area (Å²) in [5, 5.41) is 21.1. The molecule has 0 spiro atoms. The fourth-order valence-electron chi connectivity index (χ4n) is 5.49. The molecular weight excluding hydrogens is 328 g/mol. The number of Topliss-reactive ketones (excluding diaryl/α,β-unsaturated/α-hetero) is 1. The third kappa shape index (κ3) is 3.46. The van der Waals surface area contributed by atoms with Gasteiger partial charge in [0, 0.05) is 18.9 Å². The summed E-state index contributed by atoms with van der Waals surface area (Å²) in [7, 11) is 1.61. The first-order chi connectivity index (χ1) is 12.5. The van der Waals surface area contributed by atoms with E-state index in [9.17, 15) is 15.0 Å². The SMILES string of the molecule is CCCCC1C(=O)[C@]2(OC)CC[C@H](O)[C@@H](C#C[C@@H](O)C3CCCCC3)[C@H]12. The van der Waals surface area contributed by atoms with Crippen LogP contribution in [0, 0.1) is 35.5 Å². The van der Waals surface area contributed by atoms with E-state index in [0.717, 1.165) is 32.1 Å². The lowest BCUT2D eigenvalue weighted by Gasteiger charge is -2.58. The first-order valence-corrected chi connectivity index (χ1v) is 10.5. The number of fused-ring (bicyclic) bond motifs is 1. The summed E-state index contributed by atoms with van der Waals surface area (Å²) in [6, 6.07) is 0. The van der Waals surface area contributed by atoms with Gasteiger partial charge in [-0.3, -0.25) is 4.79 Å². The Kier molecular flexibility index (Phi) is 6.43. The van der Waals surface area contributed by atoms with Crippen molar-refractivity contribution in [2.75, 3.05) is 7.11 Å². The van der Waals surface area contributed by atoms with Crippen LogP contribution in [0.3, 0.4) is 0 Å². The van der Waals surface area contributed by atoms with E-state index in [4.69, 9.17) is 4.74 Å². The normalized spacial score (nSPS) is 38.7. The largest absolute Gasteiger partial charge is 0.392 e. The summed E-state index contributed by atoms with van der Waals surface area (Å²) in [5.41, 5.74) is -0.757. The zero-order valence-electron chi connectivity index (χ0n) is 16.2. The van der Waals surface area contributed by atoms with Crippen LogP contribution in [0.5, 0.6) is 0 Å². The lowest BCUT2D eigenvalue weighted by Crippen LogP contribution is -2.70. The summed E-state index contributed by atoms with van der Waals surface area (Å²) < 4.78 is 5.71. The van der Waals surface area contributed by atoms with Gasteiger partial charge < -0.3 is 14.9 Å². The lowest BCUT2D eigenvalue weighted by molar-refractivity contribution is -0.208. The minimum absolute atomic E-state index is 0.0404. The fourth-order valence-corrected chi connectivity index (χ4v) is 5.49. The first-order valence-electron chi connectivity index (χ1n) is 10.5. The summed E-state index contributed by atoms with van der Waals surface area (Å²) >= 11 is 0. The van der Waals surface area contributed by atoms with Crippen LogP contribution in [-0.2, 0) is 9.53 Å². The van der Waals surface area contributed by atoms with Crippen LogP contribution in [0.4, 0.5) is 0 Å². The van der Waals surface area contributed by atoms with E-state index in [0.29, 0.717) is 12.8 Å². The second-order valence-electron chi connectivity index (χ2n) is 8.50. The molecule has 1 unspecified atom stereocenters. The molecule has 0 aliphatic heterocycles. The molecule has 3 rings (SSSR count). The van der Waals surface area contributed by atoms with Crippen molar-refractivity contribution in [1.29, 1.82) is 0 Å². The van der Waals surface area contributed by atoms with E-state index in [2.05, 4.69) is 18.8 Å². The van der Waals surface area contributed by atoms with E-state index in [1.165, 1.54) is 19.3 Å². The Morgan fingerprint density at radius 1 is 1.27 bits per heavy atom. The highest BCUT2D eigenvalue weighted by molar-refractivity contribution is 5.97. The van der Waals surface area contributed by atoms with Crippen LogP contribution in [0.2, 0.25) is 0 Å². The average molecular weight is 363 g/mol. The minimum Gasteiger partial charge on any atom is -0.392 e. The van der Waals surface area contributed by atoms with Gasteiger partial charge in [0.15, 0.2) is 5.78 Å². The number of hydrogen-bond acceptors (Lipinski definition) is 4. The van der Waals surface area contributed by atoms with Crippen LogP contribution in [0.15, 0.2) is 0 Å². The highest BCUT2D eigenvalue weighted by atomic mass is 16.5. The standard InChI is InChI=1S/C22H34O4/c1-3-4-10-17-20-16(11-12-18(23)15-8-6-5-7-9-15)19(24)13-14-22(20,26-2)21(17)25/h15-20,23-24H,3-10,13-14H2,1-2H3/t16-,17?,18-,19+,20-,22+/m1/s1. The number of hydrogen-bond donors (Lipinski definition) is 2. The molecule has 0 aromatic heterocycles. The molecule has 0 radical (unpaired) electrons. The molecule has 146 valence electrons. The fraction of sp³-hybridized carbons (Fsp3) is 0.864. The number of unbranched alkanes of at least 4 members (excludes halogenated alkanes) is 1. The van der Waals surface area contributed by atoms with E-state index in [-0.39, 0.29) is 29.5 Å². The Bertz CT molecular complexity index is 556. The molecule has 0 saturated heterocycles. The van der Waals surface area contributed by atoms with Gasteiger partial charge in [0.05, 0.1) is 12.0 Å². The second kappa shape index (κ2) is 8.42. The Hall–Kier alpha value is -0.890. The van der Waals surface area contributed by atoms with Crippen LogP contribution in [0.25, 0.3) is 0 Å². The number of carbonyl (C=O) groups is 1. The van der Waals surface area contributed by atoms with Gasteiger partial charge in [0.2, 0.25) is 0 Å². The van der Waals surface area contributed by atoms with Gasteiger partial charge >= 0.3 is 0 Å². The number of rotatable bonds is 5. The van der Waals surface area contributed by atoms with E-state index >= 15 is 0 Å². The third-order valence-corrected chi connectivity index (χ3v) is 7.07. The van der Waals surface area contributed by atoms with Crippen molar-refractivity contribution in [3.63, 3.8) is 0 Å². The summed E-state index contributed by atoms with van der Waals surface area (Å²) in [6.07, 6.45) is 8.52. The molecule has 0 bridgehead atoms. The summed E-state index contributed by atoms with van der Waals surface area (Å²) in [6.45, 7) is 2.13. The van der Waals surface area contributed by atoms with Crippen LogP contribution >= 0.6 is 0 Å². The highest BCUT2D eigenvalue weighted by Gasteiger charge is 2.66. The highest BCUT2D eigenvalue weighted by Crippen LogP contribution is 2.55. The van der Waals surface area contributed by atoms with E-state index in [1.54, 1.807) is 7.11 Å².